The lowest BCUT2D eigenvalue weighted by Gasteiger charge is -2.31. The molecule has 2 aliphatic heterocycles. The van der Waals surface area contributed by atoms with Crippen LogP contribution >= 0.6 is 0 Å². The predicted octanol–water partition coefficient (Wildman–Crippen LogP) is 1.56. The van der Waals surface area contributed by atoms with Crippen LogP contribution in [0.15, 0.2) is 42.5 Å². The van der Waals surface area contributed by atoms with Gasteiger partial charge in [-0.25, -0.2) is 0 Å². The molecule has 0 aromatic heterocycles. The van der Waals surface area contributed by atoms with Crippen LogP contribution in [0.1, 0.15) is 12.0 Å². The van der Waals surface area contributed by atoms with Crippen molar-refractivity contribution in [2.45, 2.75) is 25.0 Å². The Morgan fingerprint density at radius 3 is 2.80 bits per heavy atom. The zero-order valence-electron chi connectivity index (χ0n) is 11.4. The summed E-state index contributed by atoms with van der Waals surface area (Å²) in [6, 6.07) is 9.77. The van der Waals surface area contributed by atoms with Crippen molar-refractivity contribution in [1.82, 2.24) is 4.90 Å². The van der Waals surface area contributed by atoms with E-state index in [0.29, 0.717) is 13.0 Å². The minimum atomic E-state index is -0.239. The van der Waals surface area contributed by atoms with E-state index < -0.39 is 0 Å². The van der Waals surface area contributed by atoms with Crippen molar-refractivity contribution in [2.75, 3.05) is 7.11 Å². The molecule has 2 bridgehead atoms. The first-order valence-corrected chi connectivity index (χ1v) is 6.80. The standard InChI is InChI=1S/C16H17NO3/c1-20-16(19)12-9-14-15(18)8-7-13(12)17(14)10-11-5-3-2-4-6-11/h2-8,12-14H,9-10H2,1H3/t12-,13+,14+/m1/s1. The number of nitrogens with zero attached hydrogens (tertiary/aromatic N) is 1. The summed E-state index contributed by atoms with van der Waals surface area (Å²) in [4.78, 5) is 26.0. The van der Waals surface area contributed by atoms with Gasteiger partial charge < -0.3 is 4.74 Å². The second-order valence-electron chi connectivity index (χ2n) is 5.29. The molecule has 104 valence electrons. The quantitative estimate of drug-likeness (QED) is 0.783. The van der Waals surface area contributed by atoms with Crippen LogP contribution in [0.25, 0.3) is 0 Å². The van der Waals surface area contributed by atoms with E-state index in [1.54, 1.807) is 6.08 Å². The molecule has 4 nitrogen and oxygen atoms in total. The molecule has 0 saturated carbocycles. The number of fused-ring (bicyclic) bond motifs is 2. The number of methoxy groups -OCH3 is 1. The van der Waals surface area contributed by atoms with Crippen molar-refractivity contribution in [3.63, 3.8) is 0 Å². The number of rotatable bonds is 3. The Balaban J connectivity index is 1.86. The molecule has 1 fully saturated rings. The minimum Gasteiger partial charge on any atom is -0.469 e. The van der Waals surface area contributed by atoms with Crippen molar-refractivity contribution < 1.29 is 14.3 Å². The highest BCUT2D eigenvalue weighted by Gasteiger charge is 2.48. The van der Waals surface area contributed by atoms with Crippen LogP contribution < -0.4 is 0 Å². The van der Waals surface area contributed by atoms with E-state index in [1.165, 1.54) is 7.11 Å². The number of hydrogen-bond acceptors (Lipinski definition) is 4. The molecule has 1 aromatic rings. The van der Waals surface area contributed by atoms with Gasteiger partial charge in [-0.3, -0.25) is 14.5 Å². The molecule has 0 aliphatic carbocycles. The maximum absolute atomic E-state index is 12.0. The van der Waals surface area contributed by atoms with Crippen LogP contribution in [0.2, 0.25) is 0 Å². The van der Waals surface area contributed by atoms with Gasteiger partial charge in [-0.15, -0.1) is 0 Å². The molecule has 4 heteroatoms. The number of esters is 1. The number of benzene rings is 1. The fourth-order valence-corrected chi connectivity index (χ4v) is 3.18. The Bertz CT molecular complexity index is 552. The SMILES string of the molecule is COC(=O)[C@@H]1C[C@H]2C(=O)C=C[C@@H]1N2Cc1ccccc1. The molecule has 0 amide bonds. The molecule has 0 radical (unpaired) electrons. The lowest BCUT2D eigenvalue weighted by Crippen LogP contribution is -2.43. The van der Waals surface area contributed by atoms with Crippen molar-refractivity contribution in [1.29, 1.82) is 0 Å². The molecule has 3 rings (SSSR count). The van der Waals surface area contributed by atoms with Crippen LogP contribution in [-0.4, -0.2) is 35.8 Å². The lowest BCUT2D eigenvalue weighted by atomic mass is 10.0. The first-order chi connectivity index (χ1) is 9.70. The number of ketones is 1. The Hall–Kier alpha value is -1.94. The van der Waals surface area contributed by atoms with Crippen LogP contribution in [0.3, 0.4) is 0 Å². The maximum Gasteiger partial charge on any atom is 0.310 e. The van der Waals surface area contributed by atoms with Crippen molar-refractivity contribution in [3.8, 4) is 0 Å². The van der Waals surface area contributed by atoms with Crippen LogP contribution in [0.4, 0.5) is 0 Å². The molecule has 3 atom stereocenters. The predicted molar refractivity (Wildman–Crippen MR) is 73.8 cm³/mol. The van der Waals surface area contributed by atoms with Crippen LogP contribution in [-0.2, 0) is 20.9 Å². The van der Waals surface area contributed by atoms with Gasteiger partial charge in [-0.1, -0.05) is 36.4 Å². The molecule has 0 unspecified atom stereocenters. The third-order valence-electron chi connectivity index (χ3n) is 4.17. The smallest absolute Gasteiger partial charge is 0.310 e. The molecule has 2 heterocycles. The maximum atomic E-state index is 12.0. The molecule has 2 aliphatic rings. The summed E-state index contributed by atoms with van der Waals surface area (Å²) >= 11 is 0. The highest BCUT2D eigenvalue weighted by Crippen LogP contribution is 2.36. The zero-order chi connectivity index (χ0) is 14.1. The second-order valence-corrected chi connectivity index (χ2v) is 5.29. The van der Waals surface area contributed by atoms with Crippen molar-refractivity contribution in [3.05, 3.63) is 48.0 Å². The zero-order valence-corrected chi connectivity index (χ0v) is 11.4. The number of carbonyl (C=O) groups excluding carboxylic acids is 2. The fourth-order valence-electron chi connectivity index (χ4n) is 3.18. The summed E-state index contributed by atoms with van der Waals surface area (Å²) < 4.78 is 4.87. The molecular weight excluding hydrogens is 254 g/mol. The van der Waals surface area contributed by atoms with Crippen LogP contribution in [0, 0.1) is 5.92 Å². The molecule has 20 heavy (non-hydrogen) atoms. The van der Waals surface area contributed by atoms with Gasteiger partial charge in [0.25, 0.3) is 0 Å². The van der Waals surface area contributed by atoms with Gasteiger partial charge in [-0.2, -0.15) is 0 Å². The van der Waals surface area contributed by atoms with Gasteiger partial charge in [0.05, 0.1) is 19.1 Å². The van der Waals surface area contributed by atoms with Gasteiger partial charge in [0.2, 0.25) is 0 Å². The number of ether oxygens (including phenoxy) is 1. The summed E-state index contributed by atoms with van der Waals surface area (Å²) in [5.41, 5.74) is 1.15. The monoisotopic (exact) mass is 271 g/mol. The summed E-state index contributed by atoms with van der Waals surface area (Å²) in [5, 5.41) is 0. The minimum absolute atomic E-state index is 0.0367. The van der Waals surface area contributed by atoms with Gasteiger partial charge in [0.15, 0.2) is 5.78 Å². The number of carbonyl (C=O) groups is 2. The van der Waals surface area contributed by atoms with Crippen LogP contribution in [0.5, 0.6) is 0 Å². The van der Waals surface area contributed by atoms with Gasteiger partial charge >= 0.3 is 5.97 Å². The third-order valence-corrected chi connectivity index (χ3v) is 4.17. The van der Waals surface area contributed by atoms with Crippen molar-refractivity contribution >= 4 is 11.8 Å². The lowest BCUT2D eigenvalue weighted by molar-refractivity contribution is -0.145. The molecule has 1 aromatic carbocycles. The van der Waals surface area contributed by atoms with E-state index >= 15 is 0 Å². The van der Waals surface area contributed by atoms with E-state index in [2.05, 4.69) is 4.90 Å². The van der Waals surface area contributed by atoms with Gasteiger partial charge in [0, 0.05) is 12.6 Å². The van der Waals surface area contributed by atoms with E-state index in [4.69, 9.17) is 4.74 Å². The van der Waals surface area contributed by atoms with Gasteiger partial charge in [0.1, 0.15) is 0 Å². The Morgan fingerprint density at radius 1 is 1.35 bits per heavy atom. The summed E-state index contributed by atoms with van der Waals surface area (Å²) in [5.74, 6) is -0.380. The Kier molecular flexibility index (Phi) is 3.40. The molecule has 1 saturated heterocycles. The Labute approximate surface area is 118 Å². The highest BCUT2D eigenvalue weighted by atomic mass is 16.5. The molecular formula is C16H17NO3. The van der Waals surface area contributed by atoms with E-state index in [0.717, 1.165) is 5.56 Å². The second kappa shape index (κ2) is 5.21. The third kappa shape index (κ3) is 2.16. The first kappa shape index (κ1) is 13.1. The summed E-state index contributed by atoms with van der Waals surface area (Å²) in [6.07, 6.45) is 4.01. The molecule has 0 spiro atoms. The Morgan fingerprint density at radius 2 is 2.10 bits per heavy atom. The van der Waals surface area contributed by atoms with E-state index in [-0.39, 0.29) is 29.8 Å². The average Bonchev–Trinajstić information content (AvgIpc) is 2.73. The van der Waals surface area contributed by atoms with E-state index in [9.17, 15) is 9.59 Å². The summed E-state index contributed by atoms with van der Waals surface area (Å²) in [7, 11) is 1.40. The summed E-state index contributed by atoms with van der Waals surface area (Å²) in [6.45, 7) is 0.680. The average molecular weight is 271 g/mol. The fraction of sp³-hybridized carbons (Fsp3) is 0.375. The topological polar surface area (TPSA) is 46.6 Å². The largest absolute Gasteiger partial charge is 0.469 e. The number of hydrogen-bond donors (Lipinski definition) is 0. The normalized spacial score (nSPS) is 28.6. The molecule has 0 N–H and O–H groups in total. The highest BCUT2D eigenvalue weighted by molar-refractivity contribution is 5.97. The first-order valence-electron chi connectivity index (χ1n) is 6.80. The van der Waals surface area contributed by atoms with Crippen molar-refractivity contribution in [2.24, 2.45) is 5.92 Å². The van der Waals surface area contributed by atoms with E-state index in [1.807, 2.05) is 36.4 Å². The van der Waals surface area contributed by atoms with Gasteiger partial charge in [-0.05, 0) is 18.1 Å².